The lowest BCUT2D eigenvalue weighted by molar-refractivity contribution is -0.0961. The topological polar surface area (TPSA) is 32.6 Å². The molecule has 2 atom stereocenters. The predicted octanol–water partition coefficient (Wildman–Crippen LogP) is 5.57. The Bertz CT molecular complexity index is 838. The van der Waals surface area contributed by atoms with Gasteiger partial charge in [0.15, 0.2) is 0 Å². The Morgan fingerprint density at radius 1 is 1.08 bits per heavy atom. The van der Waals surface area contributed by atoms with Gasteiger partial charge in [-0.3, -0.25) is 4.99 Å². The molecule has 2 nitrogen and oxygen atoms in total. The molecule has 6 rings (SSSR count). The molecule has 0 radical (unpaired) electrons. The van der Waals surface area contributed by atoms with Crippen LogP contribution in [-0.4, -0.2) is 17.9 Å². The molecular weight excluding hydrogens is 306 g/mol. The first kappa shape index (κ1) is 15.4. The number of fused-ring (bicyclic) bond motifs is 1. The summed E-state index contributed by atoms with van der Waals surface area (Å²) in [5.74, 6) is 2.21. The van der Waals surface area contributed by atoms with Gasteiger partial charge >= 0.3 is 0 Å². The highest BCUT2D eigenvalue weighted by Crippen LogP contribution is 2.65. The number of hydrogen-bond donors (Lipinski definition) is 1. The van der Waals surface area contributed by atoms with E-state index in [0.29, 0.717) is 16.6 Å². The van der Waals surface area contributed by atoms with Crippen molar-refractivity contribution in [2.45, 2.75) is 45.4 Å². The van der Waals surface area contributed by atoms with Crippen molar-refractivity contribution in [3.05, 3.63) is 42.0 Å². The molecule has 4 saturated carbocycles. The van der Waals surface area contributed by atoms with Gasteiger partial charge in [-0.25, -0.2) is 0 Å². The Labute approximate surface area is 150 Å². The van der Waals surface area contributed by atoms with Crippen LogP contribution in [0.1, 0.15) is 51.0 Å². The summed E-state index contributed by atoms with van der Waals surface area (Å²) >= 11 is 0. The first-order valence-electron chi connectivity index (χ1n) is 9.75. The van der Waals surface area contributed by atoms with Gasteiger partial charge in [0.25, 0.3) is 0 Å². The quantitative estimate of drug-likeness (QED) is 0.732. The maximum absolute atomic E-state index is 10.3. The zero-order valence-electron chi connectivity index (χ0n) is 15.0. The summed E-state index contributed by atoms with van der Waals surface area (Å²) in [5, 5.41) is 12.6. The molecule has 0 saturated heterocycles. The molecule has 0 unspecified atom stereocenters. The van der Waals surface area contributed by atoms with Crippen molar-refractivity contribution in [2.24, 2.45) is 27.7 Å². The van der Waals surface area contributed by atoms with Crippen LogP contribution in [0.3, 0.4) is 0 Å². The van der Waals surface area contributed by atoms with E-state index < -0.39 is 0 Å². The third-order valence-electron chi connectivity index (χ3n) is 7.07. The highest BCUT2D eigenvalue weighted by molar-refractivity contribution is 6.02. The molecule has 2 aromatic carbocycles. The third-order valence-corrected chi connectivity index (χ3v) is 7.07. The van der Waals surface area contributed by atoms with E-state index in [1.807, 2.05) is 24.4 Å². The first-order chi connectivity index (χ1) is 12.0. The second-order valence-corrected chi connectivity index (χ2v) is 9.46. The predicted molar refractivity (Wildman–Crippen MR) is 103 cm³/mol. The summed E-state index contributed by atoms with van der Waals surface area (Å²) < 4.78 is 0. The molecule has 4 bridgehead atoms. The first-order valence-corrected chi connectivity index (χ1v) is 9.75. The number of nitrogens with zero attached hydrogens (tertiary/aromatic N) is 1. The number of hydrogen-bond acceptors (Lipinski definition) is 2. The normalized spacial score (nSPS) is 36.5. The number of aromatic hydroxyl groups is 1. The minimum absolute atomic E-state index is 0.333. The van der Waals surface area contributed by atoms with Crippen LogP contribution in [0.5, 0.6) is 5.75 Å². The highest BCUT2D eigenvalue weighted by atomic mass is 16.3. The molecule has 2 aromatic rings. The van der Waals surface area contributed by atoms with Gasteiger partial charge < -0.3 is 5.11 Å². The summed E-state index contributed by atoms with van der Waals surface area (Å²) in [4.78, 5) is 4.89. The van der Waals surface area contributed by atoms with Crippen molar-refractivity contribution in [3.63, 3.8) is 0 Å². The molecule has 0 spiro atoms. The molecule has 130 valence electrons. The summed E-state index contributed by atoms with van der Waals surface area (Å²) in [7, 11) is 0. The van der Waals surface area contributed by atoms with Crippen LogP contribution < -0.4 is 0 Å². The van der Waals surface area contributed by atoms with Crippen molar-refractivity contribution in [2.75, 3.05) is 6.54 Å². The molecular formula is C23H27NO. The van der Waals surface area contributed by atoms with E-state index in [0.717, 1.165) is 34.7 Å². The second kappa shape index (κ2) is 5.33. The zero-order valence-corrected chi connectivity index (χ0v) is 15.0. The fourth-order valence-electron chi connectivity index (χ4n) is 6.86. The van der Waals surface area contributed by atoms with Crippen molar-refractivity contribution in [1.29, 1.82) is 0 Å². The molecule has 0 amide bonds. The van der Waals surface area contributed by atoms with Gasteiger partial charge in [-0.1, -0.05) is 37.3 Å². The number of phenolic OH excluding ortho intramolecular Hbond substituents is 1. The SMILES string of the molecule is CC12C[C@H]3C[C@H](C1)CC(CN=Cc1c(O)ccc4ccccc14)(C3)C2. The van der Waals surface area contributed by atoms with E-state index in [1.165, 1.54) is 38.5 Å². The van der Waals surface area contributed by atoms with Gasteiger partial charge in [0.05, 0.1) is 0 Å². The van der Waals surface area contributed by atoms with E-state index in [1.54, 1.807) is 6.07 Å². The van der Waals surface area contributed by atoms with E-state index in [2.05, 4.69) is 19.1 Å². The average molecular weight is 333 g/mol. The van der Waals surface area contributed by atoms with Gasteiger partial charge in [0.2, 0.25) is 0 Å². The summed E-state index contributed by atoms with van der Waals surface area (Å²) in [6, 6.07) is 12.0. The Morgan fingerprint density at radius 2 is 1.84 bits per heavy atom. The second-order valence-electron chi connectivity index (χ2n) is 9.46. The fraction of sp³-hybridized carbons (Fsp3) is 0.522. The van der Waals surface area contributed by atoms with Crippen molar-refractivity contribution in [1.82, 2.24) is 0 Å². The van der Waals surface area contributed by atoms with E-state index in [9.17, 15) is 5.11 Å². The molecule has 25 heavy (non-hydrogen) atoms. The van der Waals surface area contributed by atoms with Crippen molar-refractivity contribution < 1.29 is 5.11 Å². The van der Waals surface area contributed by atoms with Gasteiger partial charge in [0, 0.05) is 18.3 Å². The summed E-state index contributed by atoms with van der Waals surface area (Å²) in [6.45, 7) is 3.44. The maximum Gasteiger partial charge on any atom is 0.124 e. The third kappa shape index (κ3) is 2.58. The highest BCUT2D eigenvalue weighted by Gasteiger charge is 2.55. The molecule has 0 aliphatic heterocycles. The zero-order chi connectivity index (χ0) is 17.1. The standard InChI is InChI=1S/C23H27NO/c1-22-9-16-8-17(10-22)12-23(11-16,14-22)15-24-13-20-19-5-3-2-4-18(19)6-7-21(20)25/h2-7,13,16-17,25H,8-12,14-15H2,1H3/t16-,17-,22?,23?/m1/s1. The summed E-state index contributed by atoms with van der Waals surface area (Å²) in [5.41, 5.74) is 1.87. The van der Waals surface area contributed by atoms with Gasteiger partial charge in [-0.2, -0.15) is 0 Å². The summed E-state index contributed by atoms with van der Waals surface area (Å²) in [6.07, 6.45) is 10.4. The minimum atomic E-state index is 0.333. The van der Waals surface area contributed by atoms with Gasteiger partial charge in [-0.05, 0) is 78.0 Å². The lowest BCUT2D eigenvalue weighted by Gasteiger charge is -2.61. The van der Waals surface area contributed by atoms with Crippen LogP contribution in [0.25, 0.3) is 10.8 Å². The Hall–Kier alpha value is -1.83. The van der Waals surface area contributed by atoms with E-state index >= 15 is 0 Å². The van der Waals surface area contributed by atoms with Gasteiger partial charge in [-0.15, -0.1) is 0 Å². The number of benzene rings is 2. The van der Waals surface area contributed by atoms with Crippen LogP contribution >= 0.6 is 0 Å². The van der Waals surface area contributed by atoms with E-state index in [-0.39, 0.29) is 0 Å². The number of aliphatic imine (C=N–C) groups is 1. The lowest BCUT2D eigenvalue weighted by Crippen LogP contribution is -2.51. The fourth-order valence-corrected chi connectivity index (χ4v) is 6.86. The van der Waals surface area contributed by atoms with Crippen LogP contribution in [-0.2, 0) is 0 Å². The number of rotatable bonds is 3. The van der Waals surface area contributed by atoms with Crippen LogP contribution in [0, 0.1) is 22.7 Å². The molecule has 0 aromatic heterocycles. The largest absolute Gasteiger partial charge is 0.507 e. The van der Waals surface area contributed by atoms with E-state index in [4.69, 9.17) is 4.99 Å². The monoisotopic (exact) mass is 333 g/mol. The Kier molecular flexibility index (Phi) is 3.29. The smallest absolute Gasteiger partial charge is 0.124 e. The average Bonchev–Trinajstić information content (AvgIpc) is 2.54. The molecule has 4 aliphatic carbocycles. The van der Waals surface area contributed by atoms with Crippen molar-refractivity contribution >= 4 is 17.0 Å². The molecule has 1 N–H and O–H groups in total. The van der Waals surface area contributed by atoms with Crippen molar-refractivity contribution in [3.8, 4) is 5.75 Å². The molecule has 4 aliphatic rings. The Morgan fingerprint density at radius 3 is 2.60 bits per heavy atom. The molecule has 2 heteroatoms. The van der Waals surface area contributed by atoms with Crippen LogP contribution in [0.4, 0.5) is 0 Å². The van der Waals surface area contributed by atoms with Crippen LogP contribution in [0.2, 0.25) is 0 Å². The minimum Gasteiger partial charge on any atom is -0.507 e. The molecule has 0 heterocycles. The Balaban J connectivity index is 1.43. The molecule has 4 fully saturated rings. The van der Waals surface area contributed by atoms with Gasteiger partial charge in [0.1, 0.15) is 5.75 Å². The van der Waals surface area contributed by atoms with Crippen LogP contribution in [0.15, 0.2) is 41.4 Å². The maximum atomic E-state index is 10.3. The number of phenols is 1. The lowest BCUT2D eigenvalue weighted by atomic mass is 9.45.